The number of hydrogen-bond donors (Lipinski definition) is 2. The molecule has 0 saturated heterocycles. The zero-order valence-electron chi connectivity index (χ0n) is 12.8. The molecular weight excluding hydrogens is 314 g/mol. The van der Waals surface area contributed by atoms with Gasteiger partial charge in [0.25, 0.3) is 0 Å². The van der Waals surface area contributed by atoms with E-state index in [0.717, 1.165) is 23.4 Å². The Hall–Kier alpha value is -3.22. The maximum Gasteiger partial charge on any atom is 0.323 e. The molecule has 5 nitrogen and oxygen atoms in total. The fourth-order valence-electron chi connectivity index (χ4n) is 2.33. The van der Waals surface area contributed by atoms with Crippen molar-refractivity contribution in [1.29, 1.82) is 0 Å². The van der Waals surface area contributed by atoms with E-state index in [1.165, 1.54) is 12.3 Å². The van der Waals surface area contributed by atoms with Crippen molar-refractivity contribution >= 4 is 17.4 Å². The van der Waals surface area contributed by atoms with Crippen molar-refractivity contribution in [3.63, 3.8) is 0 Å². The van der Waals surface area contributed by atoms with E-state index in [-0.39, 0.29) is 5.69 Å². The summed E-state index contributed by atoms with van der Waals surface area (Å²) in [4.78, 5) is 12.1. The summed E-state index contributed by atoms with van der Waals surface area (Å²) in [5, 5.41) is 9.26. The van der Waals surface area contributed by atoms with Gasteiger partial charge in [-0.15, -0.1) is 0 Å². The Kier molecular flexibility index (Phi) is 4.24. The predicted octanol–water partition coefficient (Wildman–Crippen LogP) is 4.01. The first kappa shape index (κ1) is 15.7. The lowest BCUT2D eigenvalue weighted by molar-refractivity contribution is 0.262. The Morgan fingerprint density at radius 3 is 2.50 bits per heavy atom. The molecule has 3 aromatic rings. The van der Waals surface area contributed by atoms with Crippen LogP contribution in [0, 0.1) is 11.6 Å². The van der Waals surface area contributed by atoms with Gasteiger partial charge in [-0.3, -0.25) is 4.68 Å². The predicted molar refractivity (Wildman–Crippen MR) is 87.6 cm³/mol. The normalized spacial score (nSPS) is 10.5. The molecule has 3 rings (SSSR count). The number of halogens is 2. The number of nitrogens with zero attached hydrogens (tertiary/aromatic N) is 2. The van der Waals surface area contributed by atoms with Crippen molar-refractivity contribution in [2.24, 2.45) is 7.05 Å². The molecule has 2 N–H and O–H groups in total. The smallest absolute Gasteiger partial charge is 0.308 e. The molecule has 2 aromatic carbocycles. The van der Waals surface area contributed by atoms with Gasteiger partial charge in [0.15, 0.2) is 11.6 Å². The van der Waals surface area contributed by atoms with Gasteiger partial charge in [0, 0.05) is 24.4 Å². The topological polar surface area (TPSA) is 59.0 Å². The molecule has 0 radical (unpaired) electrons. The molecule has 0 spiro atoms. The molecule has 7 heteroatoms. The summed E-state index contributed by atoms with van der Waals surface area (Å²) in [5.41, 5.74) is 2.27. The van der Waals surface area contributed by atoms with Crippen LogP contribution >= 0.6 is 0 Å². The van der Waals surface area contributed by atoms with Crippen LogP contribution in [0.15, 0.2) is 54.7 Å². The van der Waals surface area contributed by atoms with Crippen molar-refractivity contribution in [3.8, 4) is 11.3 Å². The maximum atomic E-state index is 13.2. The van der Waals surface area contributed by atoms with Gasteiger partial charge in [-0.25, -0.2) is 13.6 Å². The molecule has 0 aliphatic carbocycles. The molecule has 0 saturated carbocycles. The molecule has 0 aliphatic rings. The van der Waals surface area contributed by atoms with Crippen LogP contribution < -0.4 is 10.6 Å². The summed E-state index contributed by atoms with van der Waals surface area (Å²) in [6, 6.07) is 12.0. The average molecular weight is 328 g/mol. The minimum atomic E-state index is -1.03. The molecule has 0 fully saturated rings. The first-order valence-corrected chi connectivity index (χ1v) is 7.15. The van der Waals surface area contributed by atoms with Gasteiger partial charge in [0.1, 0.15) is 0 Å². The molecule has 2 amide bonds. The summed E-state index contributed by atoms with van der Waals surface area (Å²) >= 11 is 0. The van der Waals surface area contributed by atoms with Gasteiger partial charge in [0.2, 0.25) is 0 Å². The zero-order valence-corrected chi connectivity index (χ0v) is 12.8. The SMILES string of the molecule is Cn1ncc(NC(=O)Nc2ccc(F)c(F)c2)c1-c1ccccc1. The zero-order chi connectivity index (χ0) is 17.1. The highest BCUT2D eigenvalue weighted by molar-refractivity contribution is 6.01. The quantitative estimate of drug-likeness (QED) is 0.763. The fraction of sp³-hybridized carbons (Fsp3) is 0.0588. The molecular formula is C17H14F2N4O. The summed E-state index contributed by atoms with van der Waals surface area (Å²) in [6.45, 7) is 0. The molecule has 1 heterocycles. The van der Waals surface area contributed by atoms with Crippen molar-refractivity contribution in [3.05, 3.63) is 66.4 Å². The third-order valence-electron chi connectivity index (χ3n) is 3.41. The Morgan fingerprint density at radius 1 is 1.04 bits per heavy atom. The second-order valence-corrected chi connectivity index (χ2v) is 5.10. The van der Waals surface area contributed by atoms with Crippen molar-refractivity contribution in [1.82, 2.24) is 9.78 Å². The highest BCUT2D eigenvalue weighted by Crippen LogP contribution is 2.27. The van der Waals surface area contributed by atoms with Gasteiger partial charge in [-0.1, -0.05) is 30.3 Å². The lowest BCUT2D eigenvalue weighted by atomic mass is 10.1. The van der Waals surface area contributed by atoms with E-state index in [1.807, 2.05) is 30.3 Å². The number of carbonyl (C=O) groups excluding carboxylic acids is 1. The second-order valence-electron chi connectivity index (χ2n) is 5.10. The Bertz CT molecular complexity index is 878. The summed E-state index contributed by atoms with van der Waals surface area (Å²) < 4.78 is 27.7. The number of aromatic nitrogens is 2. The van der Waals surface area contributed by atoms with E-state index in [4.69, 9.17) is 0 Å². The molecule has 0 unspecified atom stereocenters. The van der Waals surface area contributed by atoms with Crippen molar-refractivity contribution in [2.45, 2.75) is 0 Å². The van der Waals surface area contributed by atoms with E-state index in [1.54, 1.807) is 11.7 Å². The maximum absolute atomic E-state index is 13.2. The molecule has 0 aliphatic heterocycles. The molecule has 24 heavy (non-hydrogen) atoms. The summed E-state index contributed by atoms with van der Waals surface area (Å²) in [7, 11) is 1.76. The standard InChI is InChI=1S/C17H14F2N4O/c1-23-16(11-5-3-2-4-6-11)15(10-20-23)22-17(24)21-12-7-8-13(18)14(19)9-12/h2-10H,1H3,(H2,21,22,24). The molecule has 0 bridgehead atoms. The van der Waals surface area contributed by atoms with Crippen LogP contribution in [0.4, 0.5) is 25.0 Å². The third-order valence-corrected chi connectivity index (χ3v) is 3.41. The van der Waals surface area contributed by atoms with Gasteiger partial charge in [-0.05, 0) is 12.1 Å². The van der Waals surface area contributed by atoms with Crippen LogP contribution in [-0.4, -0.2) is 15.8 Å². The largest absolute Gasteiger partial charge is 0.323 e. The highest BCUT2D eigenvalue weighted by Gasteiger charge is 2.14. The van der Waals surface area contributed by atoms with Crippen molar-refractivity contribution in [2.75, 3.05) is 10.6 Å². The summed E-state index contributed by atoms with van der Waals surface area (Å²) in [6.07, 6.45) is 1.52. The fourth-order valence-corrected chi connectivity index (χ4v) is 2.33. The summed E-state index contributed by atoms with van der Waals surface area (Å²) in [5.74, 6) is -2.00. The first-order chi connectivity index (χ1) is 11.5. The minimum absolute atomic E-state index is 0.150. The molecule has 1 aromatic heterocycles. The van der Waals surface area contributed by atoms with E-state index >= 15 is 0 Å². The lowest BCUT2D eigenvalue weighted by Crippen LogP contribution is -2.19. The van der Waals surface area contributed by atoms with Crippen LogP contribution in [0.1, 0.15) is 0 Å². The van der Waals surface area contributed by atoms with Gasteiger partial charge < -0.3 is 10.6 Å². The molecule has 122 valence electrons. The third kappa shape index (κ3) is 3.24. The number of amides is 2. The Labute approximate surface area is 136 Å². The number of urea groups is 1. The second kappa shape index (κ2) is 6.49. The number of rotatable bonds is 3. The van der Waals surface area contributed by atoms with Crippen LogP contribution in [0.3, 0.4) is 0 Å². The Balaban J connectivity index is 1.79. The average Bonchev–Trinajstić information content (AvgIpc) is 2.92. The minimum Gasteiger partial charge on any atom is -0.308 e. The van der Waals surface area contributed by atoms with E-state index in [0.29, 0.717) is 5.69 Å². The van der Waals surface area contributed by atoms with E-state index in [9.17, 15) is 13.6 Å². The molecule has 0 atom stereocenters. The number of benzene rings is 2. The van der Waals surface area contributed by atoms with Crippen LogP contribution in [0.5, 0.6) is 0 Å². The number of hydrogen-bond acceptors (Lipinski definition) is 2. The van der Waals surface area contributed by atoms with Gasteiger partial charge >= 0.3 is 6.03 Å². The van der Waals surface area contributed by atoms with Crippen LogP contribution in [0.2, 0.25) is 0 Å². The van der Waals surface area contributed by atoms with Crippen LogP contribution in [-0.2, 0) is 7.05 Å². The van der Waals surface area contributed by atoms with Crippen molar-refractivity contribution < 1.29 is 13.6 Å². The first-order valence-electron chi connectivity index (χ1n) is 7.15. The van der Waals surface area contributed by atoms with E-state index < -0.39 is 17.7 Å². The number of anilines is 2. The van der Waals surface area contributed by atoms with Gasteiger partial charge in [0.05, 0.1) is 17.6 Å². The van der Waals surface area contributed by atoms with E-state index in [2.05, 4.69) is 15.7 Å². The van der Waals surface area contributed by atoms with Crippen LogP contribution in [0.25, 0.3) is 11.3 Å². The number of carbonyl (C=O) groups is 1. The Morgan fingerprint density at radius 2 is 1.79 bits per heavy atom. The lowest BCUT2D eigenvalue weighted by Gasteiger charge is -2.09. The number of nitrogens with one attached hydrogen (secondary N) is 2. The highest BCUT2D eigenvalue weighted by atomic mass is 19.2. The monoisotopic (exact) mass is 328 g/mol. The number of aryl methyl sites for hydroxylation is 1. The van der Waals surface area contributed by atoms with Gasteiger partial charge in [-0.2, -0.15) is 5.10 Å².